The van der Waals surface area contributed by atoms with Crippen LogP contribution in [-0.2, 0) is 4.74 Å². The van der Waals surface area contributed by atoms with Gasteiger partial charge in [0.1, 0.15) is 5.75 Å². The van der Waals surface area contributed by atoms with E-state index in [1.807, 2.05) is 18.2 Å². The maximum atomic E-state index is 6.42. The number of halogens is 1. The van der Waals surface area contributed by atoms with Gasteiger partial charge < -0.3 is 14.8 Å². The van der Waals surface area contributed by atoms with Gasteiger partial charge in [-0.1, -0.05) is 24.6 Å². The van der Waals surface area contributed by atoms with E-state index >= 15 is 0 Å². The van der Waals surface area contributed by atoms with Gasteiger partial charge in [-0.05, 0) is 25.7 Å². The summed E-state index contributed by atoms with van der Waals surface area (Å²) in [5.74, 6) is 0.821. The molecule has 0 aromatic heterocycles. The Kier molecular flexibility index (Phi) is 5.66. The first-order valence-electron chi connectivity index (χ1n) is 7.04. The number of hydrogen-bond donors (Lipinski definition) is 1. The zero-order valence-corrected chi connectivity index (χ0v) is 13.1. The van der Waals surface area contributed by atoms with Gasteiger partial charge in [-0.3, -0.25) is 4.90 Å². The second-order valence-electron chi connectivity index (χ2n) is 5.00. The molecular formula is C15H23ClN2O2. The number of rotatable bonds is 5. The van der Waals surface area contributed by atoms with Crippen molar-refractivity contribution in [2.75, 3.05) is 40.4 Å². The maximum Gasteiger partial charge on any atom is 0.125 e. The molecule has 2 rings (SSSR count). The third-order valence-corrected chi connectivity index (χ3v) is 4.06. The van der Waals surface area contributed by atoms with Gasteiger partial charge in [-0.25, -0.2) is 0 Å². The quantitative estimate of drug-likeness (QED) is 0.905. The van der Waals surface area contributed by atoms with Crippen LogP contribution in [0.4, 0.5) is 0 Å². The Morgan fingerprint density at radius 1 is 1.50 bits per heavy atom. The van der Waals surface area contributed by atoms with Crippen molar-refractivity contribution in [1.82, 2.24) is 10.2 Å². The maximum absolute atomic E-state index is 6.42. The number of nitrogens with one attached hydrogen (secondary N) is 1. The third-order valence-electron chi connectivity index (χ3n) is 3.73. The lowest BCUT2D eigenvalue weighted by Gasteiger charge is -2.40. The Morgan fingerprint density at radius 2 is 2.30 bits per heavy atom. The summed E-state index contributed by atoms with van der Waals surface area (Å²) < 4.78 is 11.4. The average Bonchev–Trinajstić information content (AvgIpc) is 2.45. The molecule has 20 heavy (non-hydrogen) atoms. The zero-order valence-electron chi connectivity index (χ0n) is 12.4. The minimum Gasteiger partial charge on any atom is -0.496 e. The van der Waals surface area contributed by atoms with E-state index in [-0.39, 0.29) is 12.1 Å². The van der Waals surface area contributed by atoms with Crippen molar-refractivity contribution in [1.29, 1.82) is 0 Å². The van der Waals surface area contributed by atoms with E-state index in [0.29, 0.717) is 0 Å². The molecule has 0 radical (unpaired) electrons. The summed E-state index contributed by atoms with van der Waals surface area (Å²) in [7, 11) is 3.78. The van der Waals surface area contributed by atoms with E-state index < -0.39 is 0 Å². The van der Waals surface area contributed by atoms with Gasteiger partial charge in [-0.15, -0.1) is 0 Å². The number of ether oxygens (including phenoxy) is 2. The predicted molar refractivity (Wildman–Crippen MR) is 81.7 cm³/mol. The lowest BCUT2D eigenvalue weighted by Crippen LogP contribution is -2.47. The smallest absolute Gasteiger partial charge is 0.125 e. The molecule has 0 bridgehead atoms. The molecule has 1 aliphatic rings. The topological polar surface area (TPSA) is 33.7 Å². The van der Waals surface area contributed by atoms with Gasteiger partial charge in [0.05, 0.1) is 25.9 Å². The van der Waals surface area contributed by atoms with Crippen LogP contribution in [0.1, 0.15) is 18.5 Å². The van der Waals surface area contributed by atoms with Crippen molar-refractivity contribution < 1.29 is 9.47 Å². The SMILES string of the molecule is CCNCC1OCCN(C)C1c1c(Cl)cccc1OC. The van der Waals surface area contributed by atoms with Crippen molar-refractivity contribution >= 4 is 11.6 Å². The first kappa shape index (κ1) is 15.6. The molecule has 112 valence electrons. The van der Waals surface area contributed by atoms with Crippen LogP contribution in [0.2, 0.25) is 5.02 Å². The third kappa shape index (κ3) is 3.26. The Hall–Kier alpha value is -0.810. The molecule has 1 aliphatic heterocycles. The monoisotopic (exact) mass is 298 g/mol. The largest absolute Gasteiger partial charge is 0.496 e. The van der Waals surface area contributed by atoms with E-state index in [1.165, 1.54) is 0 Å². The molecule has 0 amide bonds. The average molecular weight is 299 g/mol. The number of likely N-dealkylation sites (N-methyl/N-ethyl adjacent to an activating group) is 2. The molecule has 1 N–H and O–H groups in total. The van der Waals surface area contributed by atoms with Crippen LogP contribution < -0.4 is 10.1 Å². The second-order valence-corrected chi connectivity index (χ2v) is 5.41. The Morgan fingerprint density at radius 3 is 3.00 bits per heavy atom. The summed E-state index contributed by atoms with van der Waals surface area (Å²) in [5, 5.41) is 4.09. The van der Waals surface area contributed by atoms with Gasteiger partial charge in [0.2, 0.25) is 0 Å². The predicted octanol–water partition coefficient (Wildman–Crippen LogP) is 2.33. The molecular weight excluding hydrogens is 276 g/mol. The molecule has 1 aromatic carbocycles. The van der Waals surface area contributed by atoms with Crippen LogP contribution in [0, 0.1) is 0 Å². The van der Waals surface area contributed by atoms with Crippen LogP contribution in [-0.4, -0.2) is 51.4 Å². The fraction of sp³-hybridized carbons (Fsp3) is 0.600. The Balaban J connectivity index is 2.34. The lowest BCUT2D eigenvalue weighted by molar-refractivity contribution is -0.0617. The molecule has 4 nitrogen and oxygen atoms in total. The van der Waals surface area contributed by atoms with E-state index in [0.717, 1.165) is 42.6 Å². The van der Waals surface area contributed by atoms with Crippen LogP contribution in [0.15, 0.2) is 18.2 Å². The number of benzene rings is 1. The van der Waals surface area contributed by atoms with Gasteiger partial charge in [0, 0.05) is 23.7 Å². The van der Waals surface area contributed by atoms with Gasteiger partial charge >= 0.3 is 0 Å². The minimum atomic E-state index is 0.0718. The standard InChI is InChI=1S/C15H23ClN2O2/c1-4-17-10-13-15(18(2)8-9-20-13)14-11(16)6-5-7-12(14)19-3/h5-7,13,15,17H,4,8-10H2,1-3H3. The molecule has 2 unspecified atom stereocenters. The van der Waals surface area contributed by atoms with Crippen LogP contribution in [0.25, 0.3) is 0 Å². The highest BCUT2D eigenvalue weighted by Gasteiger charge is 2.34. The highest BCUT2D eigenvalue weighted by molar-refractivity contribution is 6.31. The van der Waals surface area contributed by atoms with E-state index in [9.17, 15) is 0 Å². The van der Waals surface area contributed by atoms with E-state index in [2.05, 4.69) is 24.2 Å². The zero-order chi connectivity index (χ0) is 14.5. The minimum absolute atomic E-state index is 0.0718. The van der Waals surface area contributed by atoms with Crippen molar-refractivity contribution in [2.45, 2.75) is 19.1 Å². The number of morpholine rings is 1. The number of methoxy groups -OCH3 is 1. The van der Waals surface area contributed by atoms with Gasteiger partial charge in [-0.2, -0.15) is 0 Å². The summed E-state index contributed by atoms with van der Waals surface area (Å²) in [4.78, 5) is 2.29. The van der Waals surface area contributed by atoms with Gasteiger partial charge in [0.25, 0.3) is 0 Å². The van der Waals surface area contributed by atoms with E-state index in [4.69, 9.17) is 21.1 Å². The van der Waals surface area contributed by atoms with Crippen molar-refractivity contribution in [3.63, 3.8) is 0 Å². The normalized spacial score (nSPS) is 23.8. The van der Waals surface area contributed by atoms with Crippen LogP contribution >= 0.6 is 11.6 Å². The van der Waals surface area contributed by atoms with Crippen LogP contribution in [0.3, 0.4) is 0 Å². The summed E-state index contributed by atoms with van der Waals surface area (Å²) in [6, 6.07) is 5.87. The first-order valence-corrected chi connectivity index (χ1v) is 7.41. The highest BCUT2D eigenvalue weighted by atomic mass is 35.5. The molecule has 1 fully saturated rings. The first-order chi connectivity index (χ1) is 9.69. The van der Waals surface area contributed by atoms with E-state index in [1.54, 1.807) is 7.11 Å². The molecule has 2 atom stereocenters. The number of hydrogen-bond acceptors (Lipinski definition) is 4. The summed E-state index contributed by atoms with van der Waals surface area (Å²) in [5.41, 5.74) is 1.02. The molecule has 0 saturated carbocycles. The molecule has 0 aliphatic carbocycles. The molecule has 1 aromatic rings. The summed E-state index contributed by atoms with van der Waals surface area (Å²) in [6.07, 6.45) is 0.0718. The van der Waals surface area contributed by atoms with Crippen molar-refractivity contribution in [3.05, 3.63) is 28.8 Å². The Bertz CT molecular complexity index is 442. The molecule has 1 heterocycles. The van der Waals surface area contributed by atoms with Crippen molar-refractivity contribution in [2.24, 2.45) is 0 Å². The summed E-state index contributed by atoms with van der Waals surface area (Å²) in [6.45, 7) is 5.46. The number of nitrogens with zero attached hydrogens (tertiary/aromatic N) is 1. The van der Waals surface area contributed by atoms with Crippen molar-refractivity contribution in [3.8, 4) is 5.75 Å². The highest BCUT2D eigenvalue weighted by Crippen LogP contribution is 2.38. The fourth-order valence-corrected chi connectivity index (χ4v) is 2.99. The summed E-state index contributed by atoms with van der Waals surface area (Å²) >= 11 is 6.42. The fourth-order valence-electron chi connectivity index (χ4n) is 2.71. The lowest BCUT2D eigenvalue weighted by atomic mass is 9.97. The molecule has 0 spiro atoms. The van der Waals surface area contributed by atoms with Crippen LogP contribution in [0.5, 0.6) is 5.75 Å². The van der Waals surface area contributed by atoms with Gasteiger partial charge in [0.15, 0.2) is 0 Å². The second kappa shape index (κ2) is 7.27. The Labute approximate surface area is 126 Å². The molecule has 1 saturated heterocycles. The molecule has 5 heteroatoms.